The smallest absolute Gasteiger partial charge is 0.219 e. The van der Waals surface area contributed by atoms with Crippen molar-refractivity contribution in [3.05, 3.63) is 77.9 Å². The van der Waals surface area contributed by atoms with E-state index in [1.54, 1.807) is 7.11 Å². The van der Waals surface area contributed by atoms with Crippen LogP contribution in [-0.2, 0) is 17.8 Å². The van der Waals surface area contributed by atoms with Gasteiger partial charge in [0.1, 0.15) is 11.6 Å². The normalized spacial score (nSPS) is 14.6. The van der Waals surface area contributed by atoms with Crippen molar-refractivity contribution >= 4 is 22.6 Å². The number of nitrogens with zero attached hydrogens (tertiary/aromatic N) is 3. The Morgan fingerprint density at radius 3 is 2.40 bits per heavy atom. The van der Waals surface area contributed by atoms with Crippen LogP contribution in [0, 0.1) is 5.92 Å². The van der Waals surface area contributed by atoms with E-state index in [-0.39, 0.29) is 18.4 Å². The Morgan fingerprint density at radius 2 is 1.74 bits per heavy atom. The molecule has 0 aliphatic heterocycles. The van der Waals surface area contributed by atoms with Crippen LogP contribution in [0.4, 0.5) is 5.69 Å². The highest BCUT2D eigenvalue weighted by Crippen LogP contribution is 2.31. The Kier molecular flexibility index (Phi) is 10.4. The van der Waals surface area contributed by atoms with E-state index in [1.165, 1.54) is 43.4 Å². The second-order valence-electron chi connectivity index (χ2n) is 11.8. The Labute approximate surface area is 256 Å². The van der Waals surface area contributed by atoms with Gasteiger partial charge in [-0.25, -0.2) is 4.98 Å². The van der Waals surface area contributed by atoms with Gasteiger partial charge in [0.2, 0.25) is 5.91 Å². The maximum absolute atomic E-state index is 12.1. The summed E-state index contributed by atoms with van der Waals surface area (Å²) in [5.41, 5.74) is 12.3. The zero-order valence-electron chi connectivity index (χ0n) is 26.0. The number of ether oxygens (including phenoxy) is 1. The summed E-state index contributed by atoms with van der Waals surface area (Å²) in [6.45, 7) is 8.02. The molecule has 1 aromatic heterocycles. The number of aromatic nitrogens is 2. The van der Waals surface area contributed by atoms with Crippen molar-refractivity contribution in [2.75, 3.05) is 31.6 Å². The van der Waals surface area contributed by atoms with Crippen molar-refractivity contribution in [2.45, 2.75) is 71.4 Å². The Bertz CT molecular complexity index is 1470. The first-order valence-corrected chi connectivity index (χ1v) is 16.0. The predicted octanol–water partition coefficient (Wildman–Crippen LogP) is 6.89. The lowest BCUT2D eigenvalue weighted by molar-refractivity contribution is -0.118. The Hall–Kier alpha value is -3.84. The van der Waals surface area contributed by atoms with E-state index in [4.69, 9.17) is 15.5 Å². The summed E-state index contributed by atoms with van der Waals surface area (Å²) in [6, 6.07) is 23.4. The van der Waals surface area contributed by atoms with E-state index >= 15 is 0 Å². The monoisotopic (exact) mass is 581 g/mol. The van der Waals surface area contributed by atoms with Gasteiger partial charge in [0, 0.05) is 43.3 Å². The van der Waals surface area contributed by atoms with Gasteiger partial charge in [-0.2, -0.15) is 0 Å². The van der Waals surface area contributed by atoms with Gasteiger partial charge in [0.05, 0.1) is 18.1 Å². The second kappa shape index (κ2) is 14.6. The molecule has 3 aromatic carbocycles. The highest BCUT2D eigenvalue weighted by Gasteiger charge is 2.21. The fourth-order valence-corrected chi connectivity index (χ4v) is 6.46. The SMILES string of the molecule is CCN(CC)c1ccc(-c2nc3cc(C(CC(N)=O)NCC4CCCCC4)ccc3n2CCc2ccc(OC)cc2)cc1. The fraction of sp³-hybridized carbons (Fsp3) is 0.444. The highest BCUT2D eigenvalue weighted by atomic mass is 16.5. The molecular formula is C36H47N5O2. The van der Waals surface area contributed by atoms with Gasteiger partial charge in [-0.3, -0.25) is 4.79 Å². The maximum Gasteiger partial charge on any atom is 0.219 e. The van der Waals surface area contributed by atoms with Crippen LogP contribution in [0.5, 0.6) is 5.75 Å². The molecule has 5 rings (SSSR count). The van der Waals surface area contributed by atoms with Crippen LogP contribution in [0.2, 0.25) is 0 Å². The third kappa shape index (κ3) is 7.57. The summed E-state index contributed by atoms with van der Waals surface area (Å²) in [7, 11) is 1.69. The number of benzene rings is 3. The summed E-state index contributed by atoms with van der Waals surface area (Å²) in [5.74, 6) is 2.19. The maximum atomic E-state index is 12.1. The average Bonchev–Trinajstić information content (AvgIpc) is 3.41. The zero-order chi connectivity index (χ0) is 30.2. The van der Waals surface area contributed by atoms with Gasteiger partial charge >= 0.3 is 0 Å². The molecule has 1 amide bonds. The molecule has 0 bridgehead atoms. The first kappa shape index (κ1) is 30.6. The van der Waals surface area contributed by atoms with E-state index in [0.717, 1.165) is 66.3 Å². The number of nitrogens with one attached hydrogen (secondary N) is 1. The van der Waals surface area contributed by atoms with Crippen LogP contribution < -0.4 is 20.7 Å². The van der Waals surface area contributed by atoms with Crippen molar-refractivity contribution in [2.24, 2.45) is 11.7 Å². The molecule has 1 atom stereocenters. The minimum Gasteiger partial charge on any atom is -0.497 e. The minimum absolute atomic E-state index is 0.120. The molecule has 1 heterocycles. The molecule has 1 fully saturated rings. The van der Waals surface area contributed by atoms with Gasteiger partial charge in [-0.15, -0.1) is 0 Å². The second-order valence-corrected chi connectivity index (χ2v) is 11.8. The van der Waals surface area contributed by atoms with Crippen LogP contribution in [-0.4, -0.2) is 42.2 Å². The Balaban J connectivity index is 1.47. The van der Waals surface area contributed by atoms with Crippen molar-refractivity contribution in [1.82, 2.24) is 14.9 Å². The molecule has 0 radical (unpaired) electrons. The quantitative estimate of drug-likeness (QED) is 0.169. The molecule has 7 nitrogen and oxygen atoms in total. The van der Waals surface area contributed by atoms with E-state index in [9.17, 15) is 4.79 Å². The van der Waals surface area contributed by atoms with Gasteiger partial charge in [0.15, 0.2) is 0 Å². The topological polar surface area (TPSA) is 85.4 Å². The van der Waals surface area contributed by atoms with E-state index < -0.39 is 0 Å². The number of amides is 1. The lowest BCUT2D eigenvalue weighted by atomic mass is 9.89. The van der Waals surface area contributed by atoms with Crippen LogP contribution >= 0.6 is 0 Å². The zero-order valence-corrected chi connectivity index (χ0v) is 26.0. The number of primary amides is 1. The number of methoxy groups -OCH3 is 1. The summed E-state index contributed by atoms with van der Waals surface area (Å²) in [6.07, 6.45) is 7.58. The number of anilines is 1. The number of fused-ring (bicyclic) bond motifs is 1. The van der Waals surface area contributed by atoms with Gasteiger partial charge in [-0.1, -0.05) is 37.5 Å². The minimum atomic E-state index is -0.291. The summed E-state index contributed by atoms with van der Waals surface area (Å²) in [4.78, 5) is 19.6. The molecule has 7 heteroatoms. The number of nitrogens with two attached hydrogens (primary N) is 1. The van der Waals surface area contributed by atoms with Gasteiger partial charge in [-0.05, 0) is 105 Å². The van der Waals surface area contributed by atoms with Crippen LogP contribution in [0.15, 0.2) is 66.7 Å². The lowest BCUT2D eigenvalue weighted by Gasteiger charge is -2.25. The molecule has 1 saturated carbocycles. The summed E-state index contributed by atoms with van der Waals surface area (Å²) in [5, 5.41) is 3.69. The Morgan fingerprint density at radius 1 is 1.02 bits per heavy atom. The van der Waals surface area contributed by atoms with Crippen LogP contribution in [0.3, 0.4) is 0 Å². The van der Waals surface area contributed by atoms with E-state index in [2.05, 4.69) is 83.2 Å². The fourth-order valence-electron chi connectivity index (χ4n) is 6.46. The summed E-state index contributed by atoms with van der Waals surface area (Å²) < 4.78 is 7.68. The third-order valence-electron chi connectivity index (χ3n) is 8.99. The molecule has 0 spiro atoms. The van der Waals surface area contributed by atoms with Crippen LogP contribution in [0.1, 0.15) is 69.5 Å². The number of hydrogen-bond donors (Lipinski definition) is 2. The van der Waals surface area contributed by atoms with Gasteiger partial charge < -0.3 is 25.3 Å². The number of rotatable bonds is 14. The lowest BCUT2D eigenvalue weighted by Crippen LogP contribution is -2.31. The number of carbonyl (C=O) groups is 1. The molecule has 1 aliphatic carbocycles. The summed E-state index contributed by atoms with van der Waals surface area (Å²) >= 11 is 0. The highest BCUT2D eigenvalue weighted by molar-refractivity contribution is 5.82. The third-order valence-corrected chi connectivity index (χ3v) is 8.99. The van der Waals surface area contributed by atoms with E-state index in [1.807, 2.05) is 12.1 Å². The van der Waals surface area contributed by atoms with Crippen molar-refractivity contribution in [1.29, 1.82) is 0 Å². The van der Waals surface area contributed by atoms with Crippen molar-refractivity contribution in [3.63, 3.8) is 0 Å². The first-order chi connectivity index (χ1) is 21.0. The van der Waals surface area contributed by atoms with E-state index in [0.29, 0.717) is 5.92 Å². The number of imidazole rings is 1. The number of carbonyl (C=O) groups excluding carboxylic acids is 1. The molecule has 1 aliphatic rings. The van der Waals surface area contributed by atoms with Crippen molar-refractivity contribution < 1.29 is 9.53 Å². The molecule has 3 N–H and O–H groups in total. The molecular weight excluding hydrogens is 534 g/mol. The molecule has 1 unspecified atom stereocenters. The van der Waals surface area contributed by atoms with Crippen LogP contribution in [0.25, 0.3) is 22.4 Å². The largest absolute Gasteiger partial charge is 0.497 e. The molecule has 0 saturated heterocycles. The standard InChI is InChI=1S/C36H47N5O2/c1-4-40(5-2)30-16-13-28(14-17-30)36-39-33-23-29(32(24-35(37)42)38-25-27-9-7-6-8-10-27)15-20-34(33)41(36)22-21-26-11-18-31(43-3)19-12-26/h11-20,23,27,32,38H,4-10,21-22,24-25H2,1-3H3,(H2,37,42). The van der Waals surface area contributed by atoms with Crippen molar-refractivity contribution in [3.8, 4) is 17.1 Å². The number of hydrogen-bond acceptors (Lipinski definition) is 5. The average molecular weight is 582 g/mol. The predicted molar refractivity (Wildman–Crippen MR) is 177 cm³/mol. The molecule has 228 valence electrons. The number of aryl methyl sites for hydroxylation is 2. The van der Waals surface area contributed by atoms with Gasteiger partial charge in [0.25, 0.3) is 0 Å². The molecule has 43 heavy (non-hydrogen) atoms. The first-order valence-electron chi connectivity index (χ1n) is 16.0. The molecule has 4 aromatic rings.